The maximum atomic E-state index is 13.0. The Morgan fingerprint density at radius 1 is 1.21 bits per heavy atom. The van der Waals surface area contributed by atoms with Crippen molar-refractivity contribution in [2.45, 2.75) is 51.1 Å². The van der Waals surface area contributed by atoms with Gasteiger partial charge in [0.2, 0.25) is 11.8 Å². The molecule has 3 aromatic heterocycles. The zero-order valence-electron chi connectivity index (χ0n) is 21.6. The van der Waals surface area contributed by atoms with Gasteiger partial charge in [0, 0.05) is 54.0 Å². The second-order valence-electron chi connectivity index (χ2n) is 10.4. The van der Waals surface area contributed by atoms with Crippen LogP contribution in [0, 0.1) is 0 Å². The zero-order valence-corrected chi connectivity index (χ0v) is 21.6. The van der Waals surface area contributed by atoms with Crippen molar-refractivity contribution in [3.05, 3.63) is 59.8 Å². The number of rotatable bonds is 6. The lowest BCUT2D eigenvalue weighted by Crippen LogP contribution is -2.44. The molecule has 1 aromatic carbocycles. The number of nitrogens with one attached hydrogen (secondary N) is 3. The highest BCUT2D eigenvalue weighted by molar-refractivity contribution is 5.98. The van der Waals surface area contributed by atoms with Crippen LogP contribution in [0.1, 0.15) is 43.6 Å². The van der Waals surface area contributed by atoms with E-state index in [0.29, 0.717) is 37.0 Å². The fourth-order valence-electron chi connectivity index (χ4n) is 4.90. The quantitative estimate of drug-likeness (QED) is 0.359. The Labute approximate surface area is 219 Å². The molecular weight excluding hydrogens is 484 g/mol. The topological polar surface area (TPSA) is 130 Å². The summed E-state index contributed by atoms with van der Waals surface area (Å²) in [6.07, 6.45) is 6.15. The number of hydrogen-bond donors (Lipinski definition) is 3. The number of aromatic nitrogens is 5. The molecule has 3 N–H and O–H groups in total. The number of likely N-dealkylation sites (N-methyl/N-ethyl adjacent to an activating group) is 1. The number of benzene rings is 1. The molecule has 6 rings (SSSR count). The lowest BCUT2D eigenvalue weighted by atomic mass is 9.99. The molecule has 1 aliphatic heterocycles. The lowest BCUT2D eigenvalue weighted by Gasteiger charge is -2.33. The summed E-state index contributed by atoms with van der Waals surface area (Å²) < 4.78 is 7.76. The standard InChI is InChI=1S/C27H30N8O3/c1-16-10-19-20(13-34(16)14-24(36)28-3)29-15-30-25(19)38-18-4-5-21-17(11-18)6-9-35(21)26(37)31-23-12-22(32-33-23)27(2)7-8-27/h4-6,9,11-12,15-16H,7-8,10,13-14H2,1-3H3,(H,28,36)(H2,31,32,33,37). The van der Waals surface area contributed by atoms with Gasteiger partial charge in [-0.3, -0.25) is 24.7 Å². The number of carbonyl (C=O) groups excluding carboxylic acids is 2. The number of hydrogen-bond acceptors (Lipinski definition) is 7. The van der Waals surface area contributed by atoms with Crippen molar-refractivity contribution < 1.29 is 14.3 Å². The van der Waals surface area contributed by atoms with Crippen molar-refractivity contribution in [1.29, 1.82) is 0 Å². The van der Waals surface area contributed by atoms with Gasteiger partial charge in [0.1, 0.15) is 12.1 Å². The van der Waals surface area contributed by atoms with E-state index in [1.807, 2.05) is 30.3 Å². The summed E-state index contributed by atoms with van der Waals surface area (Å²) in [6, 6.07) is 9.20. The highest BCUT2D eigenvalue weighted by Gasteiger charge is 2.40. The van der Waals surface area contributed by atoms with E-state index in [1.54, 1.807) is 17.8 Å². The second kappa shape index (κ2) is 9.25. The molecule has 1 saturated carbocycles. The van der Waals surface area contributed by atoms with E-state index in [4.69, 9.17) is 4.74 Å². The van der Waals surface area contributed by atoms with Gasteiger partial charge in [-0.1, -0.05) is 6.92 Å². The first-order valence-corrected chi connectivity index (χ1v) is 12.8. The predicted octanol–water partition coefficient (Wildman–Crippen LogP) is 3.57. The van der Waals surface area contributed by atoms with Crippen molar-refractivity contribution in [1.82, 2.24) is 34.9 Å². The van der Waals surface area contributed by atoms with Crippen molar-refractivity contribution in [3.63, 3.8) is 0 Å². The molecule has 0 radical (unpaired) electrons. The molecule has 11 heteroatoms. The van der Waals surface area contributed by atoms with Gasteiger partial charge in [-0.05, 0) is 50.5 Å². The third-order valence-corrected chi connectivity index (χ3v) is 7.65. The Kier molecular flexibility index (Phi) is 5.87. The fourth-order valence-corrected chi connectivity index (χ4v) is 4.90. The van der Waals surface area contributed by atoms with Gasteiger partial charge in [-0.25, -0.2) is 14.8 Å². The number of carbonyl (C=O) groups is 2. The zero-order chi connectivity index (χ0) is 26.4. The average Bonchev–Trinajstić information content (AvgIpc) is 3.28. The average molecular weight is 515 g/mol. The van der Waals surface area contributed by atoms with Crippen molar-refractivity contribution in [2.75, 3.05) is 18.9 Å². The van der Waals surface area contributed by atoms with Crippen molar-refractivity contribution >= 4 is 28.7 Å². The lowest BCUT2D eigenvalue weighted by molar-refractivity contribution is -0.122. The van der Waals surface area contributed by atoms with Gasteiger partial charge in [-0.15, -0.1) is 0 Å². The van der Waals surface area contributed by atoms with Crippen molar-refractivity contribution in [2.24, 2.45) is 0 Å². The van der Waals surface area contributed by atoms with Gasteiger partial charge < -0.3 is 10.1 Å². The molecule has 2 amide bonds. The van der Waals surface area contributed by atoms with Crippen LogP contribution in [0.2, 0.25) is 0 Å². The second-order valence-corrected chi connectivity index (χ2v) is 10.4. The molecule has 0 bridgehead atoms. The first-order chi connectivity index (χ1) is 18.3. The number of fused-ring (bicyclic) bond motifs is 2. The molecule has 4 aromatic rings. The van der Waals surface area contributed by atoms with E-state index in [0.717, 1.165) is 40.7 Å². The predicted molar refractivity (Wildman–Crippen MR) is 141 cm³/mol. The molecule has 1 atom stereocenters. The van der Waals surface area contributed by atoms with Crippen LogP contribution in [0.15, 0.2) is 42.9 Å². The molecule has 0 saturated heterocycles. The summed E-state index contributed by atoms with van der Waals surface area (Å²) in [5, 5.41) is 13.7. The molecular formula is C27H30N8O3. The Bertz CT molecular complexity index is 1540. The summed E-state index contributed by atoms with van der Waals surface area (Å²) in [4.78, 5) is 35.8. The van der Waals surface area contributed by atoms with E-state index < -0.39 is 0 Å². The normalized spacial score (nSPS) is 18.1. The van der Waals surface area contributed by atoms with E-state index in [-0.39, 0.29) is 23.4 Å². The minimum absolute atomic E-state index is 0.0264. The number of ether oxygens (including phenoxy) is 1. The van der Waals surface area contributed by atoms with Crippen LogP contribution < -0.4 is 15.4 Å². The number of H-pyrrole nitrogens is 1. The monoisotopic (exact) mass is 514 g/mol. The van der Waals surface area contributed by atoms with Gasteiger partial charge in [0.15, 0.2) is 5.82 Å². The maximum absolute atomic E-state index is 13.0. The SMILES string of the molecule is CNC(=O)CN1Cc2ncnc(Oc3ccc4c(ccn4C(=O)Nc4cc(C5(C)CC5)[nH]n4)c3)c2CC1C. The van der Waals surface area contributed by atoms with Crippen LogP contribution in [0.25, 0.3) is 10.9 Å². The Morgan fingerprint density at radius 3 is 2.84 bits per heavy atom. The molecule has 4 heterocycles. The van der Waals surface area contributed by atoms with Crippen LogP contribution in [-0.2, 0) is 23.2 Å². The highest BCUT2D eigenvalue weighted by Crippen LogP contribution is 2.47. The van der Waals surface area contributed by atoms with Crippen LogP contribution in [0.3, 0.4) is 0 Å². The number of aromatic amines is 1. The summed E-state index contributed by atoms with van der Waals surface area (Å²) in [5.74, 6) is 1.61. The summed E-state index contributed by atoms with van der Waals surface area (Å²) in [6.45, 7) is 5.14. The summed E-state index contributed by atoms with van der Waals surface area (Å²) in [5.41, 5.74) is 3.76. The first-order valence-electron chi connectivity index (χ1n) is 12.8. The first kappa shape index (κ1) is 24.1. The maximum Gasteiger partial charge on any atom is 0.331 e. The Hall–Kier alpha value is -4.25. The molecule has 0 spiro atoms. The van der Waals surface area contributed by atoms with E-state index in [1.165, 1.54) is 6.33 Å². The third kappa shape index (κ3) is 4.49. The summed E-state index contributed by atoms with van der Waals surface area (Å²) >= 11 is 0. The minimum Gasteiger partial charge on any atom is -0.439 e. The van der Waals surface area contributed by atoms with Crippen LogP contribution >= 0.6 is 0 Å². The van der Waals surface area contributed by atoms with Crippen LogP contribution in [0.5, 0.6) is 11.6 Å². The minimum atomic E-state index is -0.284. The van der Waals surface area contributed by atoms with E-state index in [9.17, 15) is 9.59 Å². The highest BCUT2D eigenvalue weighted by atomic mass is 16.5. The summed E-state index contributed by atoms with van der Waals surface area (Å²) in [7, 11) is 1.64. The number of amides is 2. The van der Waals surface area contributed by atoms with E-state index in [2.05, 4.69) is 49.5 Å². The van der Waals surface area contributed by atoms with Gasteiger partial charge in [0.05, 0.1) is 17.8 Å². The van der Waals surface area contributed by atoms with E-state index >= 15 is 0 Å². The molecule has 1 fully saturated rings. The number of anilines is 1. The van der Waals surface area contributed by atoms with Gasteiger partial charge >= 0.3 is 6.03 Å². The Morgan fingerprint density at radius 2 is 2.05 bits per heavy atom. The molecule has 11 nitrogen and oxygen atoms in total. The third-order valence-electron chi connectivity index (χ3n) is 7.65. The van der Waals surface area contributed by atoms with Crippen molar-refractivity contribution in [3.8, 4) is 11.6 Å². The molecule has 38 heavy (non-hydrogen) atoms. The number of nitrogens with zero attached hydrogens (tertiary/aromatic N) is 5. The van der Waals surface area contributed by atoms with Gasteiger partial charge in [0.25, 0.3) is 0 Å². The largest absolute Gasteiger partial charge is 0.439 e. The molecule has 1 aliphatic carbocycles. The molecule has 196 valence electrons. The van der Waals surface area contributed by atoms with Gasteiger partial charge in [-0.2, -0.15) is 5.10 Å². The fraction of sp³-hybridized carbons (Fsp3) is 0.370. The Balaban J connectivity index is 1.18. The smallest absolute Gasteiger partial charge is 0.331 e. The van der Waals surface area contributed by atoms with Crippen LogP contribution in [-0.4, -0.2) is 61.2 Å². The molecule has 2 aliphatic rings. The van der Waals surface area contributed by atoms with Crippen LogP contribution in [0.4, 0.5) is 10.6 Å². The molecule has 1 unspecified atom stereocenters.